The molecule has 3 amide bonds. The van der Waals surface area contributed by atoms with Crippen LogP contribution in [0.3, 0.4) is 0 Å². The summed E-state index contributed by atoms with van der Waals surface area (Å²) in [6.07, 6.45) is 1.25. The summed E-state index contributed by atoms with van der Waals surface area (Å²) in [5, 5.41) is 19.3. The van der Waals surface area contributed by atoms with Gasteiger partial charge >= 0.3 is 6.03 Å². The molecular weight excluding hydrogens is 657 g/mol. The number of carbonyl (C=O) groups excluding carboxylic acids is 2. The second kappa shape index (κ2) is 16.6. The molecule has 0 radical (unpaired) electrons. The summed E-state index contributed by atoms with van der Waals surface area (Å²) in [6, 6.07) is 8.82. The van der Waals surface area contributed by atoms with Crippen LogP contribution >= 0.6 is 0 Å². The molecule has 13 nitrogen and oxygen atoms in total. The molecule has 1 aromatic heterocycles. The van der Waals surface area contributed by atoms with E-state index in [1.807, 2.05) is 13.8 Å². The van der Waals surface area contributed by atoms with Crippen LogP contribution in [0, 0.1) is 25.6 Å². The van der Waals surface area contributed by atoms with Crippen LogP contribution < -0.4 is 15.4 Å². The number of aromatic nitrogens is 1. The Labute approximate surface area is 286 Å². The molecule has 1 aliphatic heterocycles. The van der Waals surface area contributed by atoms with Gasteiger partial charge < -0.3 is 34.6 Å². The number of benzene rings is 2. The van der Waals surface area contributed by atoms with Crippen LogP contribution in [0.4, 0.5) is 20.6 Å². The number of aliphatic hydroxyl groups excluding tert-OH is 1. The SMILES string of the molecule is Cc1noc(C)c1S(=O)(=O)N(C)C[C@H]1OCCCC[C@H](C)Oc2ccc(NC(=O)Nc3ccc(F)cc3)cc2C(=O)N([C@@H](C)CO)C[C@@H]1C. The van der Waals surface area contributed by atoms with Gasteiger partial charge in [0.25, 0.3) is 5.91 Å². The highest BCUT2D eigenvalue weighted by atomic mass is 32.2. The molecule has 15 heteroatoms. The van der Waals surface area contributed by atoms with Crippen LogP contribution in [0.1, 0.15) is 61.8 Å². The monoisotopic (exact) mass is 703 g/mol. The summed E-state index contributed by atoms with van der Waals surface area (Å²) in [4.78, 5) is 28.6. The maximum atomic E-state index is 14.3. The summed E-state index contributed by atoms with van der Waals surface area (Å²) in [7, 11) is -2.50. The summed E-state index contributed by atoms with van der Waals surface area (Å²) < 4.78 is 59.3. The maximum absolute atomic E-state index is 14.3. The third kappa shape index (κ3) is 9.56. The number of urea groups is 1. The minimum atomic E-state index is -3.97. The predicted molar refractivity (Wildman–Crippen MR) is 182 cm³/mol. The van der Waals surface area contributed by atoms with Crippen molar-refractivity contribution in [2.45, 2.75) is 77.0 Å². The Morgan fingerprint density at radius 1 is 1.12 bits per heavy atom. The van der Waals surface area contributed by atoms with Crippen molar-refractivity contribution in [3.05, 3.63) is 65.3 Å². The fraction of sp³-hybridized carbons (Fsp3) is 0.500. The van der Waals surface area contributed by atoms with Gasteiger partial charge in [-0.2, -0.15) is 4.31 Å². The number of fused-ring (bicyclic) bond motifs is 1. The van der Waals surface area contributed by atoms with Gasteiger partial charge in [-0.1, -0.05) is 12.1 Å². The van der Waals surface area contributed by atoms with Gasteiger partial charge in [0.05, 0.1) is 30.4 Å². The van der Waals surface area contributed by atoms with E-state index >= 15 is 0 Å². The van der Waals surface area contributed by atoms with Crippen LogP contribution in [-0.4, -0.2) is 91.4 Å². The van der Waals surface area contributed by atoms with E-state index in [4.69, 9.17) is 14.0 Å². The number of sulfonamides is 1. The third-order valence-corrected chi connectivity index (χ3v) is 10.6. The van der Waals surface area contributed by atoms with E-state index in [9.17, 15) is 27.5 Å². The van der Waals surface area contributed by atoms with Crippen LogP contribution in [0.2, 0.25) is 0 Å². The van der Waals surface area contributed by atoms with Gasteiger partial charge in [0.2, 0.25) is 10.0 Å². The Kier molecular flexibility index (Phi) is 12.8. The number of aryl methyl sites for hydroxylation is 2. The molecule has 2 aromatic carbocycles. The van der Waals surface area contributed by atoms with E-state index in [-0.39, 0.29) is 53.6 Å². The minimum absolute atomic E-state index is 0.00354. The highest BCUT2D eigenvalue weighted by Crippen LogP contribution is 2.29. The number of nitrogens with zero attached hydrogens (tertiary/aromatic N) is 3. The van der Waals surface area contributed by atoms with Gasteiger partial charge in [0.1, 0.15) is 22.2 Å². The number of likely N-dealkylation sites (N-methyl/N-ethyl adjacent to an activating group) is 1. The number of rotatable bonds is 8. The predicted octanol–water partition coefficient (Wildman–Crippen LogP) is 5.19. The van der Waals surface area contributed by atoms with E-state index in [1.54, 1.807) is 32.9 Å². The molecule has 3 aromatic rings. The van der Waals surface area contributed by atoms with Crippen molar-refractivity contribution in [2.75, 3.05) is 44.0 Å². The molecular formula is C34H46FN5O8S. The van der Waals surface area contributed by atoms with Crippen molar-refractivity contribution in [1.29, 1.82) is 0 Å². The molecule has 49 heavy (non-hydrogen) atoms. The topological polar surface area (TPSA) is 164 Å². The van der Waals surface area contributed by atoms with Crippen LogP contribution in [-0.2, 0) is 14.8 Å². The van der Waals surface area contributed by atoms with E-state index in [2.05, 4.69) is 15.8 Å². The zero-order valence-electron chi connectivity index (χ0n) is 28.7. The molecule has 0 aliphatic carbocycles. The molecule has 1 aliphatic rings. The average molecular weight is 704 g/mol. The number of amides is 3. The molecule has 0 saturated heterocycles. The lowest BCUT2D eigenvalue weighted by molar-refractivity contribution is -0.00835. The average Bonchev–Trinajstić information content (AvgIpc) is 3.41. The minimum Gasteiger partial charge on any atom is -0.490 e. The fourth-order valence-electron chi connectivity index (χ4n) is 5.64. The molecule has 2 heterocycles. The Morgan fingerprint density at radius 3 is 2.45 bits per heavy atom. The Morgan fingerprint density at radius 2 is 1.80 bits per heavy atom. The zero-order chi connectivity index (χ0) is 35.9. The van der Waals surface area contributed by atoms with E-state index in [0.29, 0.717) is 36.6 Å². The zero-order valence-corrected chi connectivity index (χ0v) is 29.5. The summed E-state index contributed by atoms with van der Waals surface area (Å²) in [5.74, 6) is -0.762. The lowest BCUT2D eigenvalue weighted by Crippen LogP contribution is -2.48. The number of halogens is 1. The number of aliphatic hydroxyl groups is 1. The molecule has 4 atom stereocenters. The van der Waals surface area contributed by atoms with Crippen molar-refractivity contribution < 1.29 is 41.5 Å². The van der Waals surface area contributed by atoms with Crippen LogP contribution in [0.15, 0.2) is 51.9 Å². The smallest absolute Gasteiger partial charge is 0.323 e. The van der Waals surface area contributed by atoms with Gasteiger partial charge in [-0.15, -0.1) is 0 Å². The fourth-order valence-corrected chi connectivity index (χ4v) is 7.11. The second-order valence-corrected chi connectivity index (χ2v) is 14.5. The summed E-state index contributed by atoms with van der Waals surface area (Å²) in [6.45, 7) is 8.73. The van der Waals surface area contributed by atoms with E-state index in [0.717, 1.165) is 6.42 Å². The highest BCUT2D eigenvalue weighted by Gasteiger charge is 2.34. The van der Waals surface area contributed by atoms with Crippen molar-refractivity contribution in [3.63, 3.8) is 0 Å². The van der Waals surface area contributed by atoms with Crippen molar-refractivity contribution in [1.82, 2.24) is 14.4 Å². The quantitative estimate of drug-likeness (QED) is 0.287. The van der Waals surface area contributed by atoms with Crippen LogP contribution in [0.25, 0.3) is 0 Å². The van der Waals surface area contributed by atoms with Gasteiger partial charge in [0, 0.05) is 44.0 Å². The molecule has 3 N–H and O–H groups in total. The van der Waals surface area contributed by atoms with Gasteiger partial charge in [0.15, 0.2) is 5.76 Å². The molecule has 0 unspecified atom stereocenters. The van der Waals surface area contributed by atoms with E-state index < -0.39 is 39.9 Å². The lowest BCUT2D eigenvalue weighted by atomic mass is 10.0. The number of ether oxygens (including phenoxy) is 2. The molecule has 4 rings (SSSR count). The maximum Gasteiger partial charge on any atom is 0.323 e. The second-order valence-electron chi connectivity index (χ2n) is 12.5. The molecule has 0 spiro atoms. The van der Waals surface area contributed by atoms with E-state index in [1.165, 1.54) is 46.6 Å². The van der Waals surface area contributed by atoms with Gasteiger partial charge in [-0.25, -0.2) is 17.6 Å². The lowest BCUT2D eigenvalue weighted by Gasteiger charge is -2.35. The summed E-state index contributed by atoms with van der Waals surface area (Å²) >= 11 is 0. The molecule has 0 bridgehead atoms. The standard InChI is InChI=1S/C34H46FN5O8S/c1-21-18-40(22(2)20-41)33(42)29-17-28(37-34(43)36-27-12-10-26(35)11-13-27)14-15-30(29)47-23(3)9-7-8-16-46-31(21)19-39(6)49(44,45)32-24(4)38-48-25(32)5/h10-15,17,21-23,31,41H,7-9,16,18-20H2,1-6H3,(H2,36,37,43)/t21-,22-,23-,31+/m0/s1. The summed E-state index contributed by atoms with van der Waals surface area (Å²) in [5.41, 5.74) is 1.12. The first-order valence-corrected chi connectivity index (χ1v) is 17.7. The Balaban J connectivity index is 1.63. The number of hydrogen-bond acceptors (Lipinski definition) is 9. The van der Waals surface area contributed by atoms with Gasteiger partial charge in [-0.05, 0) is 89.4 Å². The normalized spacial score (nSPS) is 20.2. The Bertz CT molecular complexity index is 1680. The highest BCUT2D eigenvalue weighted by molar-refractivity contribution is 7.89. The number of hydrogen-bond donors (Lipinski definition) is 3. The molecule has 0 saturated carbocycles. The molecule has 0 fully saturated rings. The van der Waals surface area contributed by atoms with Crippen molar-refractivity contribution in [3.8, 4) is 5.75 Å². The number of carbonyl (C=O) groups is 2. The van der Waals surface area contributed by atoms with Gasteiger partial charge in [-0.3, -0.25) is 4.79 Å². The number of anilines is 2. The van der Waals surface area contributed by atoms with Crippen molar-refractivity contribution in [2.24, 2.45) is 5.92 Å². The third-order valence-electron chi connectivity index (χ3n) is 8.48. The first-order chi connectivity index (χ1) is 23.2. The first-order valence-electron chi connectivity index (χ1n) is 16.3. The molecule has 268 valence electrons. The first kappa shape index (κ1) is 37.8. The number of nitrogens with one attached hydrogen (secondary N) is 2. The Hall–Kier alpha value is -4.05. The van der Waals surface area contributed by atoms with Crippen LogP contribution in [0.5, 0.6) is 5.75 Å². The van der Waals surface area contributed by atoms with Crippen molar-refractivity contribution >= 4 is 33.3 Å². The largest absolute Gasteiger partial charge is 0.490 e.